The van der Waals surface area contributed by atoms with Crippen LogP contribution in [0.5, 0.6) is 5.75 Å². The monoisotopic (exact) mass is 291 g/mol. The molecule has 116 valence electrons. The number of hydrogen-bond donors (Lipinski definition) is 2. The molecule has 0 aromatic heterocycles. The third-order valence-electron chi connectivity index (χ3n) is 4.09. The van der Waals surface area contributed by atoms with E-state index in [1.54, 1.807) is 24.3 Å². The zero-order valence-corrected chi connectivity index (χ0v) is 12.9. The molecule has 1 aliphatic rings. The molecule has 0 amide bonds. The van der Waals surface area contributed by atoms with E-state index in [0.717, 1.165) is 6.54 Å². The summed E-state index contributed by atoms with van der Waals surface area (Å²) in [6, 6.07) is 7.19. The summed E-state index contributed by atoms with van der Waals surface area (Å²) < 4.78 is 5.61. The van der Waals surface area contributed by atoms with Crippen molar-refractivity contribution in [1.29, 1.82) is 0 Å². The lowest BCUT2D eigenvalue weighted by atomic mass is 9.75. The lowest BCUT2D eigenvalue weighted by Gasteiger charge is -2.35. The Kier molecular flexibility index (Phi) is 5.23. The zero-order valence-electron chi connectivity index (χ0n) is 12.9. The molecular weight excluding hydrogens is 266 g/mol. The van der Waals surface area contributed by atoms with Crippen LogP contribution in [0.2, 0.25) is 0 Å². The topological polar surface area (TPSA) is 58.6 Å². The smallest absolute Gasteiger partial charge is 0.335 e. The molecule has 1 atom stereocenters. The Balaban J connectivity index is 1.72. The molecule has 1 aromatic rings. The quantitative estimate of drug-likeness (QED) is 0.789. The Bertz CT molecular complexity index is 485. The van der Waals surface area contributed by atoms with Crippen molar-refractivity contribution in [2.24, 2.45) is 5.41 Å². The summed E-state index contributed by atoms with van der Waals surface area (Å²) in [6.45, 7) is 6.00. The van der Waals surface area contributed by atoms with E-state index in [1.165, 1.54) is 25.7 Å². The van der Waals surface area contributed by atoms with Crippen molar-refractivity contribution in [1.82, 2.24) is 5.32 Å². The van der Waals surface area contributed by atoms with Gasteiger partial charge in [0.15, 0.2) is 0 Å². The second-order valence-corrected chi connectivity index (χ2v) is 6.59. The third-order valence-corrected chi connectivity index (χ3v) is 4.09. The maximum absolute atomic E-state index is 10.9. The van der Waals surface area contributed by atoms with Crippen LogP contribution >= 0.6 is 0 Å². The molecular formula is C17H25NO3. The highest BCUT2D eigenvalue weighted by Gasteiger charge is 2.27. The molecule has 1 saturated carbocycles. The molecule has 1 aromatic carbocycles. The molecule has 0 spiro atoms. The number of carbonyl (C=O) groups is 1. The normalized spacial score (nSPS) is 21.0. The van der Waals surface area contributed by atoms with E-state index in [2.05, 4.69) is 19.2 Å². The fourth-order valence-electron chi connectivity index (χ4n) is 3.02. The largest absolute Gasteiger partial charge is 0.492 e. The van der Waals surface area contributed by atoms with Gasteiger partial charge in [0.1, 0.15) is 12.4 Å². The number of ether oxygens (including phenoxy) is 1. The molecule has 4 nitrogen and oxygen atoms in total. The number of aromatic carboxylic acids is 1. The minimum Gasteiger partial charge on any atom is -0.492 e. The van der Waals surface area contributed by atoms with E-state index in [-0.39, 0.29) is 5.56 Å². The van der Waals surface area contributed by atoms with Gasteiger partial charge in [0.05, 0.1) is 5.56 Å². The van der Waals surface area contributed by atoms with E-state index in [9.17, 15) is 4.79 Å². The summed E-state index contributed by atoms with van der Waals surface area (Å²) in [5.41, 5.74) is 0.696. The van der Waals surface area contributed by atoms with Crippen molar-refractivity contribution >= 4 is 5.97 Å². The number of benzene rings is 1. The number of carboxylic acids is 1. The molecule has 0 aliphatic heterocycles. The van der Waals surface area contributed by atoms with E-state index in [1.807, 2.05) is 0 Å². The van der Waals surface area contributed by atoms with Gasteiger partial charge in [-0.15, -0.1) is 0 Å². The molecule has 4 heteroatoms. The fourth-order valence-corrected chi connectivity index (χ4v) is 3.02. The molecule has 1 fully saturated rings. The van der Waals surface area contributed by atoms with Crippen molar-refractivity contribution in [3.63, 3.8) is 0 Å². The van der Waals surface area contributed by atoms with Crippen molar-refractivity contribution in [2.75, 3.05) is 13.2 Å². The van der Waals surface area contributed by atoms with Gasteiger partial charge in [0, 0.05) is 12.6 Å². The summed E-state index contributed by atoms with van der Waals surface area (Å²) in [5, 5.41) is 12.5. The Labute approximate surface area is 126 Å². The standard InChI is InChI=1S/C17H25NO3/c1-17(2)8-4-6-14(12-17)18-9-10-21-15-7-3-5-13(11-15)16(19)20/h3,5,7,11,14,18H,4,6,8-10,12H2,1-2H3,(H,19,20). The summed E-state index contributed by atoms with van der Waals surface area (Å²) in [4.78, 5) is 10.9. The van der Waals surface area contributed by atoms with E-state index in [4.69, 9.17) is 9.84 Å². The summed E-state index contributed by atoms with van der Waals surface area (Å²) in [6.07, 6.45) is 5.04. The predicted octanol–water partition coefficient (Wildman–Crippen LogP) is 3.32. The van der Waals surface area contributed by atoms with Gasteiger partial charge >= 0.3 is 5.97 Å². The van der Waals surface area contributed by atoms with Crippen molar-refractivity contribution in [3.8, 4) is 5.75 Å². The average Bonchev–Trinajstić information content (AvgIpc) is 2.43. The zero-order chi connectivity index (χ0) is 15.3. The van der Waals surface area contributed by atoms with Crippen LogP contribution in [0, 0.1) is 5.41 Å². The molecule has 2 N–H and O–H groups in total. The second-order valence-electron chi connectivity index (χ2n) is 6.59. The van der Waals surface area contributed by atoms with Crippen LogP contribution in [-0.2, 0) is 0 Å². The SMILES string of the molecule is CC1(C)CCCC(NCCOc2cccc(C(=O)O)c2)C1. The molecule has 2 rings (SSSR count). The van der Waals surface area contributed by atoms with Crippen LogP contribution in [0.15, 0.2) is 24.3 Å². The van der Waals surface area contributed by atoms with Gasteiger partial charge in [-0.05, 0) is 42.9 Å². The van der Waals surface area contributed by atoms with Crippen LogP contribution in [0.3, 0.4) is 0 Å². The van der Waals surface area contributed by atoms with Crippen molar-refractivity contribution < 1.29 is 14.6 Å². The first-order valence-corrected chi connectivity index (χ1v) is 7.66. The Morgan fingerprint density at radius 3 is 3.00 bits per heavy atom. The first-order valence-electron chi connectivity index (χ1n) is 7.66. The lowest BCUT2D eigenvalue weighted by Crippen LogP contribution is -2.39. The van der Waals surface area contributed by atoms with Crippen molar-refractivity contribution in [2.45, 2.75) is 45.6 Å². The van der Waals surface area contributed by atoms with Crippen molar-refractivity contribution in [3.05, 3.63) is 29.8 Å². The summed E-state index contributed by atoms with van der Waals surface area (Å²) in [7, 11) is 0. The highest BCUT2D eigenvalue weighted by Crippen LogP contribution is 2.34. The van der Waals surface area contributed by atoms with Crippen LogP contribution < -0.4 is 10.1 Å². The van der Waals surface area contributed by atoms with E-state index in [0.29, 0.717) is 23.8 Å². The average molecular weight is 291 g/mol. The Morgan fingerprint density at radius 1 is 1.48 bits per heavy atom. The van der Waals surface area contributed by atoms with Crippen LogP contribution in [-0.4, -0.2) is 30.3 Å². The maximum atomic E-state index is 10.9. The van der Waals surface area contributed by atoms with Gasteiger partial charge in [0.25, 0.3) is 0 Å². The first-order chi connectivity index (χ1) is 9.96. The molecule has 1 unspecified atom stereocenters. The fraction of sp³-hybridized carbons (Fsp3) is 0.588. The molecule has 0 saturated heterocycles. The highest BCUT2D eigenvalue weighted by atomic mass is 16.5. The van der Waals surface area contributed by atoms with Gasteiger partial charge < -0.3 is 15.2 Å². The summed E-state index contributed by atoms with van der Waals surface area (Å²) in [5.74, 6) is -0.316. The lowest BCUT2D eigenvalue weighted by molar-refractivity contribution is 0.0696. The molecule has 21 heavy (non-hydrogen) atoms. The predicted molar refractivity (Wildman–Crippen MR) is 82.9 cm³/mol. The molecule has 0 bridgehead atoms. The Hall–Kier alpha value is -1.55. The summed E-state index contributed by atoms with van der Waals surface area (Å²) >= 11 is 0. The Morgan fingerprint density at radius 2 is 2.29 bits per heavy atom. The maximum Gasteiger partial charge on any atom is 0.335 e. The van der Waals surface area contributed by atoms with Gasteiger partial charge in [-0.25, -0.2) is 4.79 Å². The van der Waals surface area contributed by atoms with E-state index < -0.39 is 5.97 Å². The minimum atomic E-state index is -0.928. The number of carboxylic acid groups (broad SMARTS) is 1. The number of rotatable bonds is 6. The van der Waals surface area contributed by atoms with E-state index >= 15 is 0 Å². The molecule has 1 aliphatic carbocycles. The van der Waals surface area contributed by atoms with Gasteiger partial charge in [-0.3, -0.25) is 0 Å². The minimum absolute atomic E-state index is 0.259. The van der Waals surface area contributed by atoms with Crippen LogP contribution in [0.1, 0.15) is 49.9 Å². The second kappa shape index (κ2) is 6.94. The van der Waals surface area contributed by atoms with Crippen LogP contribution in [0.25, 0.3) is 0 Å². The van der Waals surface area contributed by atoms with Gasteiger partial charge in [0.2, 0.25) is 0 Å². The first kappa shape index (κ1) is 15.8. The number of hydrogen-bond acceptors (Lipinski definition) is 3. The van der Waals surface area contributed by atoms with Crippen LogP contribution in [0.4, 0.5) is 0 Å². The highest BCUT2D eigenvalue weighted by molar-refractivity contribution is 5.87. The molecule has 0 heterocycles. The van der Waals surface area contributed by atoms with Gasteiger partial charge in [-0.2, -0.15) is 0 Å². The third kappa shape index (κ3) is 5.05. The molecule has 0 radical (unpaired) electrons. The number of nitrogens with one attached hydrogen (secondary N) is 1. The van der Waals surface area contributed by atoms with Gasteiger partial charge in [-0.1, -0.05) is 26.3 Å².